The first-order valence-electron chi connectivity index (χ1n) is 9.82. The fourth-order valence-corrected chi connectivity index (χ4v) is 4.91. The molecule has 2 aromatic heterocycles. The van der Waals surface area contributed by atoms with Crippen molar-refractivity contribution in [2.45, 2.75) is 13.5 Å². The van der Waals surface area contributed by atoms with Crippen LogP contribution in [0.1, 0.15) is 20.8 Å². The van der Waals surface area contributed by atoms with Crippen molar-refractivity contribution < 1.29 is 14.6 Å². The molecule has 30 heavy (non-hydrogen) atoms. The second-order valence-corrected chi connectivity index (χ2v) is 8.50. The van der Waals surface area contributed by atoms with Crippen LogP contribution in [0.3, 0.4) is 0 Å². The summed E-state index contributed by atoms with van der Waals surface area (Å²) in [6, 6.07) is 9.60. The number of hydrogen-bond donors (Lipinski definition) is 1. The predicted molar refractivity (Wildman–Crippen MR) is 118 cm³/mol. The van der Waals surface area contributed by atoms with E-state index >= 15 is 0 Å². The molecule has 1 fully saturated rings. The van der Waals surface area contributed by atoms with Gasteiger partial charge in [0, 0.05) is 32.7 Å². The molecule has 0 saturated carbocycles. The number of rotatable bonds is 6. The Kier molecular flexibility index (Phi) is 6.48. The van der Waals surface area contributed by atoms with E-state index in [0.717, 1.165) is 48.5 Å². The summed E-state index contributed by atoms with van der Waals surface area (Å²) in [5.74, 6) is 0.388. The lowest BCUT2D eigenvalue weighted by atomic mass is 10.2. The highest BCUT2D eigenvalue weighted by Gasteiger charge is 2.26. The zero-order valence-corrected chi connectivity index (χ0v) is 18.2. The topological polar surface area (TPSA) is 78.8 Å². The Labute approximate surface area is 183 Å². The van der Waals surface area contributed by atoms with E-state index in [2.05, 4.69) is 19.8 Å². The van der Waals surface area contributed by atoms with E-state index in [0.29, 0.717) is 16.3 Å². The van der Waals surface area contributed by atoms with E-state index in [1.807, 2.05) is 37.3 Å². The Bertz CT molecular complexity index is 1040. The monoisotopic (exact) mass is 446 g/mol. The highest BCUT2D eigenvalue weighted by Crippen LogP contribution is 2.37. The number of aliphatic hydroxyl groups excluding tert-OH is 1. The molecule has 1 aliphatic heterocycles. The number of halogens is 1. The molecule has 0 aliphatic carbocycles. The molecule has 0 spiro atoms. The Balaban J connectivity index is 1.59. The van der Waals surface area contributed by atoms with Gasteiger partial charge in [0.25, 0.3) is 0 Å². The van der Waals surface area contributed by atoms with Gasteiger partial charge in [-0.05, 0) is 29.7 Å². The second kappa shape index (κ2) is 9.26. The Hall–Kier alpha value is -2.26. The molecule has 0 atom stereocenters. The molecule has 4 rings (SSSR count). The molecule has 0 bridgehead atoms. The minimum atomic E-state index is -0.366. The van der Waals surface area contributed by atoms with Crippen LogP contribution in [0.15, 0.2) is 30.3 Å². The maximum atomic E-state index is 12.8. The third kappa shape index (κ3) is 4.41. The average Bonchev–Trinajstić information content (AvgIpc) is 3.09. The fraction of sp³-hybridized carbons (Fsp3) is 0.381. The Morgan fingerprint density at radius 2 is 1.93 bits per heavy atom. The zero-order valence-electron chi connectivity index (χ0n) is 16.7. The summed E-state index contributed by atoms with van der Waals surface area (Å²) in [5, 5.41) is 10.2. The van der Waals surface area contributed by atoms with Gasteiger partial charge in [-0.2, -0.15) is 4.98 Å². The number of hydrogen-bond acceptors (Lipinski definition) is 8. The smallest absolute Gasteiger partial charge is 0.349 e. The molecule has 1 saturated heterocycles. The van der Waals surface area contributed by atoms with Crippen LogP contribution in [0.2, 0.25) is 5.28 Å². The number of aliphatic hydroxyl groups is 1. The maximum absolute atomic E-state index is 12.8. The molecule has 3 aromatic rings. The van der Waals surface area contributed by atoms with Crippen molar-refractivity contribution in [2.24, 2.45) is 0 Å². The van der Waals surface area contributed by atoms with Crippen LogP contribution < -0.4 is 4.90 Å². The van der Waals surface area contributed by atoms with E-state index in [-0.39, 0.29) is 24.5 Å². The summed E-state index contributed by atoms with van der Waals surface area (Å²) in [6.45, 7) is 6.15. The van der Waals surface area contributed by atoms with Gasteiger partial charge in [-0.1, -0.05) is 30.3 Å². The number of carbonyl (C=O) groups excluding carboxylic acids is 1. The number of aryl methyl sites for hydroxylation is 1. The second-order valence-electron chi connectivity index (χ2n) is 7.17. The van der Waals surface area contributed by atoms with Gasteiger partial charge < -0.3 is 14.7 Å². The van der Waals surface area contributed by atoms with Gasteiger partial charge >= 0.3 is 5.97 Å². The molecule has 9 heteroatoms. The van der Waals surface area contributed by atoms with Crippen LogP contribution in [0.5, 0.6) is 0 Å². The van der Waals surface area contributed by atoms with Gasteiger partial charge in [0.1, 0.15) is 22.1 Å². The highest BCUT2D eigenvalue weighted by atomic mass is 35.5. The quantitative estimate of drug-likeness (QED) is 0.460. The van der Waals surface area contributed by atoms with Crippen LogP contribution in [0, 0.1) is 6.92 Å². The normalized spacial score (nSPS) is 15.0. The number of nitrogens with zero attached hydrogens (tertiary/aromatic N) is 4. The Morgan fingerprint density at radius 3 is 2.63 bits per heavy atom. The molecule has 7 nitrogen and oxygen atoms in total. The summed E-state index contributed by atoms with van der Waals surface area (Å²) in [7, 11) is 0. The number of fused-ring (bicyclic) bond motifs is 1. The summed E-state index contributed by atoms with van der Waals surface area (Å²) in [5.41, 5.74) is 1.76. The largest absolute Gasteiger partial charge is 0.457 e. The minimum absolute atomic E-state index is 0.154. The minimum Gasteiger partial charge on any atom is -0.457 e. The van der Waals surface area contributed by atoms with Crippen LogP contribution in [0.4, 0.5) is 5.82 Å². The molecule has 3 heterocycles. The van der Waals surface area contributed by atoms with Gasteiger partial charge in [0.2, 0.25) is 5.28 Å². The summed E-state index contributed by atoms with van der Waals surface area (Å²) in [4.78, 5) is 27.2. The number of β-amino-alcohol motifs (C(OH)–C–C–N with tert-alkyl or cyclic N) is 1. The van der Waals surface area contributed by atoms with Crippen LogP contribution in [0.25, 0.3) is 10.2 Å². The first kappa shape index (κ1) is 21.0. The van der Waals surface area contributed by atoms with Crippen LogP contribution in [-0.2, 0) is 11.3 Å². The first-order valence-corrected chi connectivity index (χ1v) is 11.0. The average molecular weight is 447 g/mol. The zero-order chi connectivity index (χ0) is 21.1. The molecule has 0 amide bonds. The van der Waals surface area contributed by atoms with Crippen molar-refractivity contribution in [3.05, 3.63) is 51.6 Å². The van der Waals surface area contributed by atoms with E-state index < -0.39 is 0 Å². The van der Waals surface area contributed by atoms with Gasteiger partial charge in [-0.3, -0.25) is 4.90 Å². The SMILES string of the molecule is Cc1c(C(=O)OCc2ccccc2)sc2nc(Cl)nc(N3CCN(CCO)CC3)c12. The summed E-state index contributed by atoms with van der Waals surface area (Å²) in [6.07, 6.45) is 0. The molecule has 1 aliphatic rings. The third-order valence-corrected chi connectivity index (χ3v) is 6.56. The third-order valence-electron chi connectivity index (χ3n) is 5.23. The van der Waals surface area contributed by atoms with Crippen molar-refractivity contribution in [3.8, 4) is 0 Å². The van der Waals surface area contributed by atoms with Gasteiger partial charge in [0.15, 0.2) is 0 Å². The molecule has 158 valence electrons. The fourth-order valence-electron chi connectivity index (χ4n) is 3.63. The Morgan fingerprint density at radius 1 is 1.20 bits per heavy atom. The van der Waals surface area contributed by atoms with E-state index in [1.54, 1.807) is 0 Å². The molecular formula is C21H23ClN4O3S. The van der Waals surface area contributed by atoms with Crippen molar-refractivity contribution in [1.29, 1.82) is 0 Å². The van der Waals surface area contributed by atoms with Gasteiger partial charge in [-0.25, -0.2) is 9.78 Å². The number of aromatic nitrogens is 2. The first-order chi connectivity index (χ1) is 14.6. The summed E-state index contributed by atoms with van der Waals surface area (Å²) < 4.78 is 5.53. The number of carbonyl (C=O) groups is 1. The maximum Gasteiger partial charge on any atom is 0.349 e. The van der Waals surface area contributed by atoms with Crippen molar-refractivity contribution in [1.82, 2.24) is 14.9 Å². The van der Waals surface area contributed by atoms with Crippen molar-refractivity contribution in [2.75, 3.05) is 44.2 Å². The lowest BCUT2D eigenvalue weighted by Crippen LogP contribution is -2.47. The molecule has 1 aromatic carbocycles. The molecule has 0 unspecified atom stereocenters. The lowest BCUT2D eigenvalue weighted by Gasteiger charge is -2.35. The van der Waals surface area contributed by atoms with E-state index in [9.17, 15) is 4.79 Å². The molecular weight excluding hydrogens is 424 g/mol. The van der Waals surface area contributed by atoms with E-state index in [4.69, 9.17) is 21.4 Å². The number of thiophene rings is 1. The molecule has 0 radical (unpaired) electrons. The lowest BCUT2D eigenvalue weighted by molar-refractivity contribution is 0.0478. The van der Waals surface area contributed by atoms with Crippen molar-refractivity contribution in [3.63, 3.8) is 0 Å². The number of anilines is 1. The number of benzene rings is 1. The standard InChI is InChI=1S/C21H23ClN4O3S/c1-14-16-18(26-9-7-25(8-10-26)11-12-27)23-21(22)24-19(16)30-17(14)20(28)29-13-15-5-3-2-4-6-15/h2-6,27H,7-13H2,1H3. The predicted octanol–water partition coefficient (Wildman–Crippen LogP) is 3.12. The van der Waals surface area contributed by atoms with Gasteiger partial charge in [-0.15, -0.1) is 11.3 Å². The summed E-state index contributed by atoms with van der Waals surface area (Å²) >= 11 is 7.49. The van der Waals surface area contributed by atoms with Gasteiger partial charge in [0.05, 0.1) is 12.0 Å². The number of esters is 1. The van der Waals surface area contributed by atoms with Crippen molar-refractivity contribution >= 4 is 44.9 Å². The number of ether oxygens (including phenoxy) is 1. The van der Waals surface area contributed by atoms with Crippen LogP contribution in [-0.4, -0.2) is 65.3 Å². The highest BCUT2D eigenvalue weighted by molar-refractivity contribution is 7.20. The number of piperazine rings is 1. The van der Waals surface area contributed by atoms with Crippen LogP contribution >= 0.6 is 22.9 Å². The molecule has 1 N–H and O–H groups in total. The van der Waals surface area contributed by atoms with E-state index in [1.165, 1.54) is 11.3 Å².